The molecule has 0 saturated heterocycles. The lowest BCUT2D eigenvalue weighted by atomic mass is 10.1. The van der Waals surface area contributed by atoms with Gasteiger partial charge in [0.2, 0.25) is 0 Å². The number of hydrogen-bond donors (Lipinski definition) is 2. The molecule has 2 aromatic rings. The Labute approximate surface area is 133 Å². The third-order valence-electron chi connectivity index (χ3n) is 3.08. The van der Waals surface area contributed by atoms with Gasteiger partial charge in [0.1, 0.15) is 5.82 Å². The van der Waals surface area contributed by atoms with Gasteiger partial charge in [0.15, 0.2) is 0 Å². The number of rotatable bonds is 4. The molecule has 0 unspecified atom stereocenters. The number of carbonyl (C=O) groups is 2. The van der Waals surface area contributed by atoms with E-state index in [-0.39, 0.29) is 5.82 Å². The zero-order chi connectivity index (χ0) is 16.7. The Bertz CT molecular complexity index is 710. The molecule has 0 atom stereocenters. The number of nitrogens with zero attached hydrogens (tertiary/aromatic N) is 1. The fraction of sp³-hybridized carbons (Fsp3) is 0.118. The highest BCUT2D eigenvalue weighted by Crippen LogP contribution is 2.09. The first-order valence-electron chi connectivity index (χ1n) is 7.07. The SMILES string of the molecule is CCc1ccc(NC(=O)C(=O)N/N=C/c2ccc(F)cc2)cc1. The predicted molar refractivity (Wildman–Crippen MR) is 86.6 cm³/mol. The molecule has 0 aromatic heterocycles. The van der Waals surface area contributed by atoms with Crippen molar-refractivity contribution in [3.05, 3.63) is 65.5 Å². The van der Waals surface area contributed by atoms with Gasteiger partial charge in [-0.2, -0.15) is 5.10 Å². The highest BCUT2D eigenvalue weighted by atomic mass is 19.1. The Morgan fingerprint density at radius 2 is 1.70 bits per heavy atom. The molecular weight excluding hydrogens is 297 g/mol. The number of halogens is 1. The van der Waals surface area contributed by atoms with Crippen LogP contribution in [-0.2, 0) is 16.0 Å². The maximum atomic E-state index is 12.7. The van der Waals surface area contributed by atoms with Crippen LogP contribution in [0.3, 0.4) is 0 Å². The van der Waals surface area contributed by atoms with Crippen LogP contribution in [0.1, 0.15) is 18.1 Å². The Morgan fingerprint density at radius 3 is 2.30 bits per heavy atom. The van der Waals surface area contributed by atoms with Gasteiger partial charge in [0, 0.05) is 5.69 Å². The number of nitrogens with one attached hydrogen (secondary N) is 2. The topological polar surface area (TPSA) is 70.6 Å². The minimum absolute atomic E-state index is 0.361. The average Bonchev–Trinajstić information content (AvgIpc) is 2.57. The summed E-state index contributed by atoms with van der Waals surface area (Å²) in [5, 5.41) is 6.13. The molecule has 2 aromatic carbocycles. The molecule has 0 aliphatic rings. The van der Waals surface area contributed by atoms with Gasteiger partial charge in [-0.1, -0.05) is 31.2 Å². The Kier molecular flexibility index (Phi) is 5.57. The molecule has 2 amide bonds. The van der Waals surface area contributed by atoms with Crippen LogP contribution >= 0.6 is 0 Å². The van der Waals surface area contributed by atoms with Crippen LogP contribution in [0.2, 0.25) is 0 Å². The Balaban J connectivity index is 1.86. The number of amides is 2. The fourth-order valence-electron chi connectivity index (χ4n) is 1.78. The van der Waals surface area contributed by atoms with Crippen LogP contribution in [0.15, 0.2) is 53.6 Å². The third kappa shape index (κ3) is 5.03. The predicted octanol–water partition coefficient (Wildman–Crippen LogP) is 2.48. The second-order valence-electron chi connectivity index (χ2n) is 4.76. The largest absolute Gasteiger partial charge is 0.329 e. The van der Waals surface area contributed by atoms with Crippen LogP contribution in [-0.4, -0.2) is 18.0 Å². The van der Waals surface area contributed by atoms with Gasteiger partial charge in [-0.05, 0) is 41.8 Å². The lowest BCUT2D eigenvalue weighted by Crippen LogP contribution is -2.32. The number of hydrazone groups is 1. The molecule has 118 valence electrons. The molecule has 0 spiro atoms. The van der Waals surface area contributed by atoms with Crippen molar-refractivity contribution in [1.82, 2.24) is 5.43 Å². The summed E-state index contributed by atoms with van der Waals surface area (Å²) in [6.45, 7) is 2.03. The first-order chi connectivity index (χ1) is 11.1. The zero-order valence-corrected chi connectivity index (χ0v) is 12.5. The van der Waals surface area contributed by atoms with Crippen LogP contribution in [0.5, 0.6) is 0 Å². The van der Waals surface area contributed by atoms with Crippen molar-refractivity contribution >= 4 is 23.7 Å². The summed E-state index contributed by atoms with van der Waals surface area (Å²) < 4.78 is 12.7. The molecule has 0 aliphatic heterocycles. The number of carbonyl (C=O) groups excluding carboxylic acids is 2. The standard InChI is InChI=1S/C17H16FN3O2/c1-2-12-5-9-15(10-6-12)20-16(22)17(23)21-19-11-13-3-7-14(18)8-4-13/h3-11H,2H2,1H3,(H,20,22)(H,21,23)/b19-11+. The van der Waals surface area contributed by atoms with Gasteiger partial charge >= 0.3 is 11.8 Å². The molecule has 0 bridgehead atoms. The molecule has 0 fully saturated rings. The number of aryl methyl sites for hydroxylation is 1. The van der Waals surface area contributed by atoms with E-state index in [0.29, 0.717) is 11.3 Å². The van der Waals surface area contributed by atoms with Crippen molar-refractivity contribution < 1.29 is 14.0 Å². The highest BCUT2D eigenvalue weighted by molar-refractivity contribution is 6.39. The first kappa shape index (κ1) is 16.4. The van der Waals surface area contributed by atoms with Crippen molar-refractivity contribution in [2.75, 3.05) is 5.32 Å². The number of benzene rings is 2. The molecule has 23 heavy (non-hydrogen) atoms. The van der Waals surface area contributed by atoms with Gasteiger partial charge in [-0.25, -0.2) is 9.82 Å². The van der Waals surface area contributed by atoms with Gasteiger partial charge in [0.05, 0.1) is 6.21 Å². The van der Waals surface area contributed by atoms with Gasteiger partial charge < -0.3 is 5.32 Å². The normalized spacial score (nSPS) is 10.5. The minimum atomic E-state index is -0.886. The van der Waals surface area contributed by atoms with Crippen molar-refractivity contribution in [1.29, 1.82) is 0 Å². The average molecular weight is 313 g/mol. The summed E-state index contributed by atoms with van der Waals surface area (Å²) in [5.41, 5.74) is 4.38. The number of hydrogen-bond acceptors (Lipinski definition) is 3. The smallest absolute Gasteiger partial charge is 0.318 e. The number of anilines is 1. The molecule has 0 radical (unpaired) electrons. The third-order valence-corrected chi connectivity index (χ3v) is 3.08. The molecule has 5 nitrogen and oxygen atoms in total. The fourth-order valence-corrected chi connectivity index (χ4v) is 1.78. The first-order valence-corrected chi connectivity index (χ1v) is 7.07. The van der Waals surface area contributed by atoms with Crippen molar-refractivity contribution in [2.45, 2.75) is 13.3 Å². The van der Waals surface area contributed by atoms with Crippen molar-refractivity contribution in [2.24, 2.45) is 5.10 Å². The van der Waals surface area contributed by atoms with Gasteiger partial charge in [-0.15, -0.1) is 0 Å². The Hall–Kier alpha value is -3.02. The summed E-state index contributed by atoms with van der Waals surface area (Å²) in [6, 6.07) is 12.8. The zero-order valence-electron chi connectivity index (χ0n) is 12.5. The maximum Gasteiger partial charge on any atom is 0.329 e. The van der Waals surface area contributed by atoms with E-state index in [0.717, 1.165) is 12.0 Å². The highest BCUT2D eigenvalue weighted by Gasteiger charge is 2.12. The Morgan fingerprint density at radius 1 is 1.04 bits per heavy atom. The quantitative estimate of drug-likeness (QED) is 0.517. The van der Waals surface area contributed by atoms with Gasteiger partial charge in [0.25, 0.3) is 0 Å². The molecule has 0 heterocycles. The summed E-state index contributed by atoms with van der Waals surface area (Å²) in [5.74, 6) is -2.06. The lowest BCUT2D eigenvalue weighted by molar-refractivity contribution is -0.136. The molecule has 2 N–H and O–H groups in total. The summed E-state index contributed by atoms with van der Waals surface area (Å²) in [7, 11) is 0. The van der Waals surface area contributed by atoms with E-state index in [9.17, 15) is 14.0 Å². The molecular formula is C17H16FN3O2. The van der Waals surface area contributed by atoms with Gasteiger partial charge in [-0.3, -0.25) is 9.59 Å². The van der Waals surface area contributed by atoms with Crippen molar-refractivity contribution in [3.8, 4) is 0 Å². The lowest BCUT2D eigenvalue weighted by Gasteiger charge is -2.04. The van der Waals surface area contributed by atoms with E-state index in [1.54, 1.807) is 12.1 Å². The van der Waals surface area contributed by atoms with Crippen LogP contribution in [0, 0.1) is 5.82 Å². The minimum Gasteiger partial charge on any atom is -0.318 e. The van der Waals surface area contributed by atoms with E-state index in [2.05, 4.69) is 15.8 Å². The van der Waals surface area contributed by atoms with E-state index in [1.165, 1.54) is 30.5 Å². The monoisotopic (exact) mass is 313 g/mol. The summed E-state index contributed by atoms with van der Waals surface area (Å²) in [6.07, 6.45) is 2.22. The van der Waals surface area contributed by atoms with Crippen LogP contribution < -0.4 is 10.7 Å². The van der Waals surface area contributed by atoms with E-state index in [1.807, 2.05) is 19.1 Å². The second-order valence-corrected chi connectivity index (χ2v) is 4.76. The van der Waals surface area contributed by atoms with E-state index < -0.39 is 11.8 Å². The van der Waals surface area contributed by atoms with Crippen LogP contribution in [0.25, 0.3) is 0 Å². The molecule has 6 heteroatoms. The molecule has 0 aliphatic carbocycles. The molecule has 2 rings (SSSR count). The summed E-state index contributed by atoms with van der Waals surface area (Å²) in [4.78, 5) is 23.3. The van der Waals surface area contributed by atoms with E-state index in [4.69, 9.17) is 0 Å². The van der Waals surface area contributed by atoms with E-state index >= 15 is 0 Å². The maximum absolute atomic E-state index is 12.7. The molecule has 0 saturated carbocycles. The van der Waals surface area contributed by atoms with Crippen molar-refractivity contribution in [3.63, 3.8) is 0 Å². The summed E-state index contributed by atoms with van der Waals surface area (Å²) >= 11 is 0. The second kappa shape index (κ2) is 7.84. The van der Waals surface area contributed by atoms with Crippen LogP contribution in [0.4, 0.5) is 10.1 Å².